The van der Waals surface area contributed by atoms with E-state index in [4.69, 9.17) is 5.73 Å². The number of phenolic OH excluding ortho intramolecular Hbond substituents is 1. The zero-order valence-corrected chi connectivity index (χ0v) is 11.2. The molecule has 0 aliphatic heterocycles. The maximum absolute atomic E-state index is 12.0. The first kappa shape index (κ1) is 13.0. The topological polar surface area (TPSA) is 63.3 Å². The number of nitrogens with two attached hydrogens (primary N) is 1. The lowest BCUT2D eigenvalue weighted by Crippen LogP contribution is -2.20. The van der Waals surface area contributed by atoms with Gasteiger partial charge in [-0.15, -0.1) is 0 Å². The number of aromatic hydroxyl groups is 1. The van der Waals surface area contributed by atoms with Crippen LogP contribution in [0, 0.1) is 12.8 Å². The average Bonchev–Trinajstić information content (AvgIpc) is 2.21. The SMILES string of the molecule is Cc1cc(O)c(C(=O)C(Br)C(C)C)cc1N. The van der Waals surface area contributed by atoms with E-state index < -0.39 is 0 Å². The molecule has 0 spiro atoms. The van der Waals surface area contributed by atoms with E-state index in [0.717, 1.165) is 5.56 Å². The molecule has 3 nitrogen and oxygen atoms in total. The largest absolute Gasteiger partial charge is 0.507 e. The third-order valence-electron chi connectivity index (χ3n) is 2.49. The monoisotopic (exact) mass is 285 g/mol. The first-order chi connectivity index (χ1) is 7.34. The van der Waals surface area contributed by atoms with Gasteiger partial charge in [0.15, 0.2) is 5.78 Å². The normalized spacial score (nSPS) is 12.8. The van der Waals surface area contributed by atoms with Crippen molar-refractivity contribution in [1.29, 1.82) is 0 Å². The number of ketones is 1. The third-order valence-corrected chi connectivity index (χ3v) is 3.96. The second kappa shape index (κ2) is 4.87. The summed E-state index contributed by atoms with van der Waals surface area (Å²) in [5, 5.41) is 9.72. The molecule has 4 heteroatoms. The number of carbonyl (C=O) groups excluding carboxylic acids is 1. The number of alkyl halides is 1. The molecule has 1 aromatic rings. The maximum Gasteiger partial charge on any atom is 0.180 e. The van der Waals surface area contributed by atoms with E-state index in [9.17, 15) is 9.90 Å². The van der Waals surface area contributed by atoms with Crippen LogP contribution in [0.5, 0.6) is 5.75 Å². The second-order valence-electron chi connectivity index (χ2n) is 4.24. The van der Waals surface area contributed by atoms with Gasteiger partial charge in [-0.25, -0.2) is 0 Å². The highest BCUT2D eigenvalue weighted by molar-refractivity contribution is 9.10. The van der Waals surface area contributed by atoms with E-state index in [-0.39, 0.29) is 27.8 Å². The maximum atomic E-state index is 12.0. The number of rotatable bonds is 3. The summed E-state index contributed by atoms with van der Waals surface area (Å²) in [5.41, 5.74) is 7.29. The van der Waals surface area contributed by atoms with Crippen LogP contribution in [0.4, 0.5) is 5.69 Å². The molecule has 0 fully saturated rings. The van der Waals surface area contributed by atoms with Gasteiger partial charge in [0.05, 0.1) is 10.4 Å². The lowest BCUT2D eigenvalue weighted by molar-refractivity contribution is 0.0975. The molecule has 0 saturated heterocycles. The van der Waals surface area contributed by atoms with E-state index in [2.05, 4.69) is 15.9 Å². The van der Waals surface area contributed by atoms with Gasteiger partial charge < -0.3 is 10.8 Å². The molecular weight excluding hydrogens is 270 g/mol. The molecule has 0 bridgehead atoms. The van der Waals surface area contributed by atoms with Crippen LogP contribution in [0.1, 0.15) is 29.8 Å². The molecule has 3 N–H and O–H groups in total. The molecule has 0 aliphatic rings. The minimum Gasteiger partial charge on any atom is -0.507 e. The summed E-state index contributed by atoms with van der Waals surface area (Å²) in [6, 6.07) is 3.05. The Morgan fingerprint density at radius 1 is 1.44 bits per heavy atom. The van der Waals surface area contributed by atoms with E-state index in [1.54, 1.807) is 6.92 Å². The van der Waals surface area contributed by atoms with Crippen molar-refractivity contribution >= 4 is 27.4 Å². The van der Waals surface area contributed by atoms with Crippen LogP contribution in [0.25, 0.3) is 0 Å². The molecule has 1 rings (SSSR count). The van der Waals surface area contributed by atoms with Crippen molar-refractivity contribution in [3.05, 3.63) is 23.3 Å². The number of anilines is 1. The van der Waals surface area contributed by atoms with Crippen molar-refractivity contribution < 1.29 is 9.90 Å². The zero-order chi connectivity index (χ0) is 12.5. The molecule has 88 valence electrons. The number of benzene rings is 1. The number of hydrogen-bond acceptors (Lipinski definition) is 3. The van der Waals surface area contributed by atoms with Gasteiger partial charge in [0.2, 0.25) is 0 Å². The van der Waals surface area contributed by atoms with Crippen molar-refractivity contribution in [3.8, 4) is 5.75 Å². The van der Waals surface area contributed by atoms with E-state index in [1.807, 2.05) is 13.8 Å². The highest BCUT2D eigenvalue weighted by atomic mass is 79.9. The van der Waals surface area contributed by atoms with Crippen LogP contribution >= 0.6 is 15.9 Å². The van der Waals surface area contributed by atoms with Crippen molar-refractivity contribution in [3.63, 3.8) is 0 Å². The predicted molar refractivity (Wildman–Crippen MR) is 69.1 cm³/mol. The molecule has 0 heterocycles. The van der Waals surface area contributed by atoms with Crippen LogP contribution in [0.3, 0.4) is 0 Å². The van der Waals surface area contributed by atoms with Crippen molar-refractivity contribution in [2.75, 3.05) is 5.73 Å². The van der Waals surface area contributed by atoms with Gasteiger partial charge in [0.25, 0.3) is 0 Å². The number of halogens is 1. The summed E-state index contributed by atoms with van der Waals surface area (Å²) >= 11 is 3.32. The van der Waals surface area contributed by atoms with Gasteiger partial charge in [-0.2, -0.15) is 0 Å². The number of aryl methyl sites for hydroxylation is 1. The molecule has 1 atom stereocenters. The lowest BCUT2D eigenvalue weighted by atomic mass is 9.98. The van der Waals surface area contributed by atoms with E-state index in [1.165, 1.54) is 12.1 Å². The standard InChI is InChI=1S/C12H16BrNO2/c1-6(2)11(13)12(16)8-5-9(14)7(3)4-10(8)15/h4-6,11,15H,14H2,1-3H3. The average molecular weight is 286 g/mol. The predicted octanol–water partition coefficient (Wildman–Crippen LogP) is 2.89. The Balaban J connectivity index is 3.14. The Morgan fingerprint density at radius 2 is 2.00 bits per heavy atom. The molecular formula is C12H16BrNO2. The van der Waals surface area contributed by atoms with Gasteiger partial charge >= 0.3 is 0 Å². The summed E-state index contributed by atoms with van der Waals surface area (Å²) in [4.78, 5) is 11.7. The quantitative estimate of drug-likeness (QED) is 0.388. The van der Waals surface area contributed by atoms with E-state index in [0.29, 0.717) is 5.69 Å². The Morgan fingerprint density at radius 3 is 2.50 bits per heavy atom. The van der Waals surface area contributed by atoms with Gasteiger partial charge in [0.1, 0.15) is 5.75 Å². The van der Waals surface area contributed by atoms with Gasteiger partial charge in [-0.1, -0.05) is 29.8 Å². The third kappa shape index (κ3) is 2.55. The molecule has 0 saturated carbocycles. The number of carbonyl (C=O) groups is 1. The van der Waals surface area contributed by atoms with Crippen LogP contribution in [-0.2, 0) is 0 Å². The van der Waals surface area contributed by atoms with Crippen LogP contribution in [0.2, 0.25) is 0 Å². The highest BCUT2D eigenvalue weighted by Gasteiger charge is 2.23. The van der Waals surface area contributed by atoms with E-state index >= 15 is 0 Å². The number of hydrogen-bond donors (Lipinski definition) is 2. The fourth-order valence-corrected chi connectivity index (χ4v) is 1.60. The smallest absolute Gasteiger partial charge is 0.180 e. The fourth-order valence-electron chi connectivity index (χ4n) is 1.36. The molecule has 0 aliphatic carbocycles. The summed E-state index contributed by atoms with van der Waals surface area (Å²) < 4.78 is 0. The summed E-state index contributed by atoms with van der Waals surface area (Å²) in [5.74, 6) is 0.00966. The number of phenols is 1. The number of nitrogen functional groups attached to an aromatic ring is 1. The van der Waals surface area contributed by atoms with Crippen LogP contribution in [0.15, 0.2) is 12.1 Å². The highest BCUT2D eigenvalue weighted by Crippen LogP contribution is 2.28. The minimum absolute atomic E-state index is 0.0122. The first-order valence-electron chi connectivity index (χ1n) is 5.12. The number of Topliss-reactive ketones (excluding diaryl/α,β-unsaturated/α-hetero) is 1. The molecule has 0 radical (unpaired) electrons. The van der Waals surface area contributed by atoms with Crippen LogP contribution in [-0.4, -0.2) is 15.7 Å². The van der Waals surface area contributed by atoms with Crippen LogP contribution < -0.4 is 5.73 Å². The molecule has 0 aromatic heterocycles. The molecule has 16 heavy (non-hydrogen) atoms. The summed E-state index contributed by atoms with van der Waals surface area (Å²) in [6.07, 6.45) is 0. The van der Waals surface area contributed by atoms with Gasteiger partial charge in [0, 0.05) is 5.69 Å². The Labute approximate surface area is 104 Å². The Kier molecular flexibility index (Phi) is 3.97. The molecule has 0 amide bonds. The first-order valence-corrected chi connectivity index (χ1v) is 6.03. The molecule has 1 aromatic carbocycles. The Hall–Kier alpha value is -1.03. The zero-order valence-electron chi connectivity index (χ0n) is 9.62. The van der Waals surface area contributed by atoms with Gasteiger partial charge in [-0.3, -0.25) is 4.79 Å². The van der Waals surface area contributed by atoms with Crippen molar-refractivity contribution in [2.45, 2.75) is 25.6 Å². The summed E-state index contributed by atoms with van der Waals surface area (Å²) in [7, 11) is 0. The minimum atomic E-state index is -0.305. The second-order valence-corrected chi connectivity index (χ2v) is 5.22. The van der Waals surface area contributed by atoms with Gasteiger partial charge in [-0.05, 0) is 30.5 Å². The lowest BCUT2D eigenvalue weighted by Gasteiger charge is -2.14. The molecule has 1 unspecified atom stereocenters. The van der Waals surface area contributed by atoms with Crippen molar-refractivity contribution in [1.82, 2.24) is 0 Å². The fraction of sp³-hybridized carbons (Fsp3) is 0.417. The summed E-state index contributed by atoms with van der Waals surface area (Å²) in [6.45, 7) is 5.66. The van der Waals surface area contributed by atoms with Crippen molar-refractivity contribution in [2.24, 2.45) is 5.92 Å². The Bertz CT molecular complexity index is 416.